The SMILES string of the molecule is CC(C)[C@@H](C)CC[C@@H](C)[C@H]1CC[C@H]2[C@@H]3CC(=O)[C@H]4CC[C@H](O)C[C@]4(C)[C@H]3CC[C@]12C. The summed E-state index contributed by atoms with van der Waals surface area (Å²) in [5.74, 6) is 5.96. The molecule has 2 heteroatoms. The van der Waals surface area contributed by atoms with Gasteiger partial charge < -0.3 is 5.11 Å². The molecule has 0 aromatic rings. The van der Waals surface area contributed by atoms with Crippen LogP contribution in [0.2, 0.25) is 0 Å². The summed E-state index contributed by atoms with van der Waals surface area (Å²) in [6.45, 7) is 14.6. The van der Waals surface area contributed by atoms with E-state index in [1.807, 2.05) is 0 Å². The van der Waals surface area contributed by atoms with Crippen molar-refractivity contribution in [1.29, 1.82) is 0 Å². The Morgan fingerprint density at radius 1 is 0.933 bits per heavy atom. The van der Waals surface area contributed by atoms with Gasteiger partial charge in [-0.05, 0) is 97.2 Å². The van der Waals surface area contributed by atoms with Crippen LogP contribution in [0.1, 0.15) is 106 Å². The molecule has 0 aromatic heterocycles. The summed E-state index contributed by atoms with van der Waals surface area (Å²) in [6.07, 6.45) is 11.3. The van der Waals surface area contributed by atoms with Crippen molar-refractivity contribution in [2.24, 2.45) is 58.2 Å². The molecule has 2 nitrogen and oxygen atoms in total. The van der Waals surface area contributed by atoms with Gasteiger partial charge in [0.25, 0.3) is 0 Å². The number of carbonyl (C=O) groups excluding carboxylic acids is 1. The monoisotopic (exact) mass is 416 g/mol. The fourth-order valence-electron chi connectivity index (χ4n) is 9.18. The quantitative estimate of drug-likeness (QED) is 0.529. The van der Waals surface area contributed by atoms with E-state index >= 15 is 0 Å². The number of hydrogen-bond acceptors (Lipinski definition) is 2. The maximum absolute atomic E-state index is 13.3. The van der Waals surface area contributed by atoms with Gasteiger partial charge in [-0.2, -0.15) is 0 Å². The number of Topliss-reactive ketones (excluding diaryl/α,β-unsaturated/α-hetero) is 1. The third-order valence-electron chi connectivity index (χ3n) is 11.3. The van der Waals surface area contributed by atoms with Crippen molar-refractivity contribution in [2.75, 3.05) is 0 Å². The normalized spacial score (nSPS) is 48.1. The molecule has 30 heavy (non-hydrogen) atoms. The maximum atomic E-state index is 13.3. The Labute approximate surface area is 186 Å². The summed E-state index contributed by atoms with van der Waals surface area (Å²) in [4.78, 5) is 13.3. The number of aliphatic hydroxyl groups excluding tert-OH is 1. The molecule has 0 heterocycles. The third kappa shape index (κ3) is 3.61. The van der Waals surface area contributed by atoms with Crippen molar-refractivity contribution in [2.45, 2.75) is 112 Å². The van der Waals surface area contributed by atoms with E-state index in [-0.39, 0.29) is 17.4 Å². The number of rotatable bonds is 5. The number of fused-ring (bicyclic) bond motifs is 5. The van der Waals surface area contributed by atoms with Gasteiger partial charge in [0.1, 0.15) is 5.78 Å². The fraction of sp³-hybridized carbons (Fsp3) is 0.964. The fourth-order valence-corrected chi connectivity index (χ4v) is 9.18. The Balaban J connectivity index is 1.51. The van der Waals surface area contributed by atoms with Crippen LogP contribution in [0.25, 0.3) is 0 Å². The lowest BCUT2D eigenvalue weighted by Gasteiger charge is -2.60. The molecule has 0 bridgehead atoms. The summed E-state index contributed by atoms with van der Waals surface area (Å²) in [6, 6.07) is 0. The lowest BCUT2D eigenvalue weighted by atomic mass is 9.44. The van der Waals surface area contributed by atoms with Crippen LogP contribution in [0.3, 0.4) is 0 Å². The van der Waals surface area contributed by atoms with E-state index in [0.29, 0.717) is 23.0 Å². The first-order valence-electron chi connectivity index (χ1n) is 13.3. The molecule has 1 N–H and O–H groups in total. The van der Waals surface area contributed by atoms with Gasteiger partial charge in [0, 0.05) is 12.3 Å². The third-order valence-corrected chi connectivity index (χ3v) is 11.3. The summed E-state index contributed by atoms with van der Waals surface area (Å²) in [5, 5.41) is 10.5. The van der Waals surface area contributed by atoms with Gasteiger partial charge in [-0.15, -0.1) is 0 Å². The largest absolute Gasteiger partial charge is 0.393 e. The molecule has 4 aliphatic carbocycles. The Bertz CT molecular complexity index is 641. The average molecular weight is 417 g/mol. The van der Waals surface area contributed by atoms with Crippen molar-refractivity contribution in [3.05, 3.63) is 0 Å². The number of ketones is 1. The topological polar surface area (TPSA) is 37.3 Å². The molecular formula is C28H48O2. The van der Waals surface area contributed by atoms with Crippen LogP contribution in [-0.2, 0) is 4.79 Å². The first-order valence-corrected chi connectivity index (χ1v) is 13.3. The molecule has 0 saturated heterocycles. The van der Waals surface area contributed by atoms with Crippen molar-refractivity contribution in [3.63, 3.8) is 0 Å². The molecule has 0 radical (unpaired) electrons. The van der Waals surface area contributed by atoms with E-state index in [9.17, 15) is 9.90 Å². The molecule has 4 fully saturated rings. The van der Waals surface area contributed by atoms with E-state index in [2.05, 4.69) is 41.5 Å². The Morgan fingerprint density at radius 2 is 1.63 bits per heavy atom. The lowest BCUT2D eigenvalue weighted by molar-refractivity contribution is -0.160. The minimum absolute atomic E-state index is 0.0510. The van der Waals surface area contributed by atoms with Gasteiger partial charge >= 0.3 is 0 Å². The van der Waals surface area contributed by atoms with Crippen molar-refractivity contribution >= 4 is 5.78 Å². The summed E-state index contributed by atoms with van der Waals surface area (Å²) in [7, 11) is 0. The molecule has 0 aliphatic heterocycles. The van der Waals surface area contributed by atoms with Gasteiger partial charge in [0.15, 0.2) is 0 Å². The van der Waals surface area contributed by atoms with E-state index in [1.54, 1.807) is 0 Å². The van der Waals surface area contributed by atoms with Gasteiger partial charge in [0.2, 0.25) is 0 Å². The van der Waals surface area contributed by atoms with Crippen LogP contribution in [0.15, 0.2) is 0 Å². The van der Waals surface area contributed by atoms with Crippen LogP contribution < -0.4 is 0 Å². The zero-order valence-corrected chi connectivity index (χ0v) is 20.6. The average Bonchev–Trinajstić information content (AvgIpc) is 3.02. The van der Waals surface area contributed by atoms with E-state index in [4.69, 9.17) is 0 Å². The highest BCUT2D eigenvalue weighted by Crippen LogP contribution is 2.67. The van der Waals surface area contributed by atoms with Crippen LogP contribution in [-0.4, -0.2) is 17.0 Å². The minimum Gasteiger partial charge on any atom is -0.393 e. The first-order chi connectivity index (χ1) is 14.1. The minimum atomic E-state index is -0.189. The zero-order valence-electron chi connectivity index (χ0n) is 20.6. The zero-order chi connectivity index (χ0) is 21.8. The molecule has 0 spiro atoms. The maximum Gasteiger partial charge on any atom is 0.136 e. The Kier molecular flexibility index (Phi) is 6.23. The summed E-state index contributed by atoms with van der Waals surface area (Å²) in [5.41, 5.74) is 0.480. The van der Waals surface area contributed by atoms with E-state index < -0.39 is 0 Å². The van der Waals surface area contributed by atoms with E-state index in [0.717, 1.165) is 55.3 Å². The van der Waals surface area contributed by atoms with Gasteiger partial charge in [-0.3, -0.25) is 4.79 Å². The second-order valence-electron chi connectivity index (χ2n) is 13.0. The number of carbonyl (C=O) groups is 1. The highest BCUT2D eigenvalue weighted by molar-refractivity contribution is 5.83. The molecule has 4 aliphatic rings. The Hall–Kier alpha value is -0.370. The number of hydrogen-bond donors (Lipinski definition) is 1. The standard InChI is InChI=1S/C28H48O2/c1-17(2)18(3)7-8-19(4)22-11-12-23-21-15-26(30)25-10-9-20(29)16-28(25,6)24(21)13-14-27(22,23)5/h17-25,29H,7-16H2,1-6H3/t18-,19+,20-,21-,22+,23-,24-,25+,27+,28+/m0/s1. The summed E-state index contributed by atoms with van der Waals surface area (Å²) >= 11 is 0. The highest BCUT2D eigenvalue weighted by atomic mass is 16.3. The Morgan fingerprint density at radius 3 is 2.33 bits per heavy atom. The molecule has 172 valence electrons. The van der Waals surface area contributed by atoms with Crippen LogP contribution >= 0.6 is 0 Å². The van der Waals surface area contributed by atoms with Gasteiger partial charge in [-0.25, -0.2) is 0 Å². The van der Waals surface area contributed by atoms with E-state index in [1.165, 1.54) is 38.5 Å². The molecule has 0 amide bonds. The predicted octanol–water partition coefficient (Wildman–Crippen LogP) is 6.89. The first kappa shape index (κ1) is 22.8. The molecule has 0 aromatic carbocycles. The van der Waals surface area contributed by atoms with Crippen molar-refractivity contribution in [1.82, 2.24) is 0 Å². The van der Waals surface area contributed by atoms with Crippen molar-refractivity contribution in [3.8, 4) is 0 Å². The lowest BCUT2D eigenvalue weighted by Crippen LogP contribution is -2.57. The number of aliphatic hydroxyl groups is 1. The van der Waals surface area contributed by atoms with Crippen LogP contribution in [0.4, 0.5) is 0 Å². The smallest absolute Gasteiger partial charge is 0.136 e. The van der Waals surface area contributed by atoms with Crippen LogP contribution in [0, 0.1) is 58.2 Å². The summed E-state index contributed by atoms with van der Waals surface area (Å²) < 4.78 is 0. The van der Waals surface area contributed by atoms with Crippen LogP contribution in [0.5, 0.6) is 0 Å². The van der Waals surface area contributed by atoms with Crippen molar-refractivity contribution < 1.29 is 9.90 Å². The van der Waals surface area contributed by atoms with Gasteiger partial charge in [-0.1, -0.05) is 54.4 Å². The molecular weight excluding hydrogens is 368 g/mol. The predicted molar refractivity (Wildman–Crippen MR) is 124 cm³/mol. The molecule has 4 rings (SSSR count). The molecule has 10 atom stereocenters. The van der Waals surface area contributed by atoms with Gasteiger partial charge in [0.05, 0.1) is 6.10 Å². The highest BCUT2D eigenvalue weighted by Gasteiger charge is 2.62. The molecule has 4 saturated carbocycles. The molecule has 0 unspecified atom stereocenters. The second kappa shape index (κ2) is 8.20. The second-order valence-corrected chi connectivity index (χ2v) is 13.0.